The zero-order chi connectivity index (χ0) is 13.9. The third-order valence-corrected chi connectivity index (χ3v) is 3.69. The first-order valence-electron chi connectivity index (χ1n) is 6.04. The molecule has 2 aromatic rings. The second-order valence-corrected chi connectivity index (χ2v) is 5.24. The summed E-state index contributed by atoms with van der Waals surface area (Å²) in [6, 6.07) is 9.36. The lowest BCUT2D eigenvalue weighted by Crippen LogP contribution is -2.19. The van der Waals surface area contributed by atoms with Gasteiger partial charge < -0.3 is 9.88 Å². The van der Waals surface area contributed by atoms with Crippen molar-refractivity contribution in [2.24, 2.45) is 12.0 Å². The molecule has 0 saturated carbocycles. The van der Waals surface area contributed by atoms with E-state index in [1.54, 1.807) is 12.3 Å². The summed E-state index contributed by atoms with van der Waals surface area (Å²) in [6.45, 7) is 0. The van der Waals surface area contributed by atoms with Crippen LogP contribution in [0.5, 0.6) is 0 Å². The minimum absolute atomic E-state index is 0.133. The number of nitrogens with one attached hydrogen (secondary N) is 1. The van der Waals surface area contributed by atoms with Gasteiger partial charge in [-0.15, -0.1) is 0 Å². The lowest BCUT2D eigenvalue weighted by molar-refractivity contribution is -0.115. The van der Waals surface area contributed by atoms with Gasteiger partial charge in [-0.05, 0) is 42.1 Å². The van der Waals surface area contributed by atoms with E-state index >= 15 is 0 Å². The van der Waals surface area contributed by atoms with Gasteiger partial charge >= 0.3 is 0 Å². The number of hydrogen-bond acceptors (Lipinski definition) is 4. The van der Waals surface area contributed by atoms with Crippen LogP contribution in [0.1, 0.15) is 5.69 Å². The van der Waals surface area contributed by atoms with E-state index in [0.717, 1.165) is 5.69 Å². The first-order valence-corrected chi connectivity index (χ1v) is 6.86. The fourth-order valence-electron chi connectivity index (χ4n) is 1.76. The quantitative estimate of drug-likeness (QED) is 0.861. The minimum atomic E-state index is -0.133. The molecule has 6 heteroatoms. The Morgan fingerprint density at radius 3 is 2.95 bits per heavy atom. The first-order chi connectivity index (χ1) is 9.72. The zero-order valence-electron chi connectivity index (χ0n) is 10.8. The fourth-order valence-corrected chi connectivity index (χ4v) is 2.58. The van der Waals surface area contributed by atoms with Gasteiger partial charge in [-0.3, -0.25) is 4.79 Å². The van der Waals surface area contributed by atoms with Crippen LogP contribution in [0.3, 0.4) is 0 Å². The van der Waals surface area contributed by atoms with Gasteiger partial charge in [0.15, 0.2) is 11.0 Å². The highest BCUT2D eigenvalue weighted by Gasteiger charge is 2.24. The SMILES string of the molecule is Cn1cccc1/C=C1/S/C(=N\c2ccccn2)NC1=O. The molecule has 100 valence electrons. The Kier molecular flexibility index (Phi) is 3.39. The maximum atomic E-state index is 11.9. The molecule has 5 nitrogen and oxygen atoms in total. The lowest BCUT2D eigenvalue weighted by Gasteiger charge is -1.96. The third-order valence-electron chi connectivity index (χ3n) is 2.78. The molecule has 0 unspecified atom stereocenters. The molecule has 0 atom stereocenters. The van der Waals surface area contributed by atoms with E-state index in [1.807, 2.05) is 48.2 Å². The maximum absolute atomic E-state index is 11.9. The summed E-state index contributed by atoms with van der Waals surface area (Å²) in [5, 5.41) is 3.29. The number of thioether (sulfide) groups is 1. The van der Waals surface area contributed by atoms with Crippen LogP contribution in [0.25, 0.3) is 6.08 Å². The van der Waals surface area contributed by atoms with Crippen LogP contribution in [-0.2, 0) is 11.8 Å². The molecule has 0 spiro atoms. The van der Waals surface area contributed by atoms with Crippen LogP contribution in [0.4, 0.5) is 5.82 Å². The highest BCUT2D eigenvalue weighted by molar-refractivity contribution is 8.18. The Morgan fingerprint density at radius 1 is 1.35 bits per heavy atom. The van der Waals surface area contributed by atoms with Gasteiger partial charge in [0.25, 0.3) is 5.91 Å². The van der Waals surface area contributed by atoms with Crippen LogP contribution in [0.15, 0.2) is 52.6 Å². The van der Waals surface area contributed by atoms with Crippen molar-refractivity contribution in [2.75, 3.05) is 0 Å². The standard InChI is InChI=1S/C14H12N4OS/c1-18-8-4-5-10(18)9-11-13(19)17-14(20-11)16-12-6-2-3-7-15-12/h2-9H,1H3,(H,15,16,17,19)/b11-9+. The molecule has 1 N–H and O–H groups in total. The average molecular weight is 284 g/mol. The number of carbonyl (C=O) groups excluding carboxylic acids is 1. The number of amides is 1. The van der Waals surface area contributed by atoms with Crippen LogP contribution in [-0.4, -0.2) is 20.6 Å². The monoisotopic (exact) mass is 284 g/mol. The van der Waals surface area contributed by atoms with E-state index in [1.165, 1.54) is 11.8 Å². The van der Waals surface area contributed by atoms with Crippen LogP contribution < -0.4 is 5.32 Å². The molecular weight excluding hydrogens is 272 g/mol. The van der Waals surface area contributed by atoms with Gasteiger partial charge in [0.1, 0.15) is 0 Å². The molecule has 0 bridgehead atoms. The summed E-state index contributed by atoms with van der Waals surface area (Å²) in [4.78, 5) is 20.9. The Hall–Kier alpha value is -2.34. The molecule has 1 fully saturated rings. The van der Waals surface area contributed by atoms with E-state index in [0.29, 0.717) is 15.9 Å². The van der Waals surface area contributed by atoms with Gasteiger partial charge in [-0.2, -0.15) is 0 Å². The van der Waals surface area contributed by atoms with Crippen molar-refractivity contribution in [1.82, 2.24) is 14.9 Å². The third kappa shape index (κ3) is 2.65. The first kappa shape index (κ1) is 12.7. The van der Waals surface area contributed by atoms with Gasteiger partial charge in [0, 0.05) is 25.1 Å². The van der Waals surface area contributed by atoms with Crippen molar-refractivity contribution in [3.8, 4) is 0 Å². The number of aryl methyl sites for hydroxylation is 1. The maximum Gasteiger partial charge on any atom is 0.264 e. The number of aliphatic imine (C=N–C) groups is 1. The molecule has 2 aromatic heterocycles. The van der Waals surface area contributed by atoms with Gasteiger partial charge in [0.05, 0.1) is 4.91 Å². The molecule has 1 aliphatic rings. The van der Waals surface area contributed by atoms with E-state index in [2.05, 4.69) is 15.3 Å². The minimum Gasteiger partial charge on any atom is -0.351 e. The van der Waals surface area contributed by atoms with Crippen molar-refractivity contribution < 1.29 is 4.79 Å². The molecule has 20 heavy (non-hydrogen) atoms. The molecule has 0 aromatic carbocycles. The lowest BCUT2D eigenvalue weighted by atomic mass is 10.3. The van der Waals surface area contributed by atoms with Gasteiger partial charge in [-0.1, -0.05) is 6.07 Å². The number of aromatic nitrogens is 2. The normalized spacial score (nSPS) is 18.8. The Balaban J connectivity index is 1.84. The number of nitrogens with zero attached hydrogens (tertiary/aromatic N) is 3. The Bertz CT molecular complexity index is 703. The molecule has 0 aliphatic carbocycles. The number of carbonyl (C=O) groups is 1. The summed E-state index contributed by atoms with van der Waals surface area (Å²) in [5.74, 6) is 0.446. The van der Waals surface area contributed by atoms with E-state index in [9.17, 15) is 4.79 Å². The van der Waals surface area contributed by atoms with E-state index < -0.39 is 0 Å². The molecule has 1 amide bonds. The largest absolute Gasteiger partial charge is 0.351 e. The van der Waals surface area contributed by atoms with Crippen molar-refractivity contribution in [3.05, 3.63) is 53.3 Å². The number of amidine groups is 1. The predicted octanol–water partition coefficient (Wildman–Crippen LogP) is 2.31. The van der Waals surface area contributed by atoms with Crippen molar-refractivity contribution in [3.63, 3.8) is 0 Å². The Labute approximate surface area is 120 Å². The van der Waals surface area contributed by atoms with Crippen molar-refractivity contribution in [2.45, 2.75) is 0 Å². The molecule has 3 rings (SSSR count). The predicted molar refractivity (Wildman–Crippen MR) is 80.5 cm³/mol. The van der Waals surface area contributed by atoms with E-state index in [4.69, 9.17) is 0 Å². The smallest absolute Gasteiger partial charge is 0.264 e. The summed E-state index contributed by atoms with van der Waals surface area (Å²) in [7, 11) is 1.94. The molecule has 3 heterocycles. The molecular formula is C14H12N4OS. The zero-order valence-corrected chi connectivity index (χ0v) is 11.6. The molecule has 1 saturated heterocycles. The summed E-state index contributed by atoms with van der Waals surface area (Å²) >= 11 is 1.32. The summed E-state index contributed by atoms with van der Waals surface area (Å²) in [5.41, 5.74) is 0.974. The summed E-state index contributed by atoms with van der Waals surface area (Å²) in [6.07, 6.45) is 5.45. The van der Waals surface area contributed by atoms with E-state index in [-0.39, 0.29) is 5.91 Å². The van der Waals surface area contributed by atoms with Gasteiger partial charge in [-0.25, -0.2) is 9.98 Å². The topological polar surface area (TPSA) is 59.3 Å². The van der Waals surface area contributed by atoms with Crippen molar-refractivity contribution >= 4 is 34.7 Å². The number of pyridine rings is 1. The highest BCUT2D eigenvalue weighted by Crippen LogP contribution is 2.27. The second kappa shape index (κ2) is 5.34. The number of rotatable bonds is 2. The number of hydrogen-bond donors (Lipinski definition) is 1. The fraction of sp³-hybridized carbons (Fsp3) is 0.0714. The average Bonchev–Trinajstić information content (AvgIpc) is 2.99. The van der Waals surface area contributed by atoms with Crippen molar-refractivity contribution in [1.29, 1.82) is 0 Å². The van der Waals surface area contributed by atoms with Crippen LogP contribution in [0.2, 0.25) is 0 Å². The van der Waals surface area contributed by atoms with Crippen LogP contribution in [0, 0.1) is 0 Å². The molecule has 1 aliphatic heterocycles. The molecule has 0 radical (unpaired) electrons. The second-order valence-electron chi connectivity index (χ2n) is 4.21. The summed E-state index contributed by atoms with van der Waals surface area (Å²) < 4.78 is 1.95. The van der Waals surface area contributed by atoms with Gasteiger partial charge in [0.2, 0.25) is 0 Å². The Morgan fingerprint density at radius 2 is 2.25 bits per heavy atom. The van der Waals surface area contributed by atoms with Crippen LogP contribution >= 0.6 is 11.8 Å². The highest BCUT2D eigenvalue weighted by atomic mass is 32.2.